The van der Waals surface area contributed by atoms with Crippen LogP contribution in [0, 0.1) is 12.3 Å². The number of benzene rings is 1. The first-order chi connectivity index (χ1) is 12.9. The van der Waals surface area contributed by atoms with Crippen LogP contribution in [-0.4, -0.2) is 71.7 Å². The Morgan fingerprint density at radius 3 is 2.52 bits per heavy atom. The molecule has 0 radical (unpaired) electrons. The van der Waals surface area contributed by atoms with Crippen molar-refractivity contribution in [3.8, 4) is 0 Å². The molecule has 3 rings (SSSR count). The molecule has 2 heterocycles. The average Bonchev–Trinajstić information content (AvgIpc) is 2.61. The maximum atomic E-state index is 12.5. The molecule has 0 aliphatic carbocycles. The second-order valence-electron chi connectivity index (χ2n) is 7.97. The number of likely N-dealkylation sites (N-methyl/N-ethyl adjacent to an activating group) is 1. The number of likely N-dealkylation sites (tertiary alicyclic amines) is 2. The normalized spacial score (nSPS) is 22.0. The number of hydrogen-bond donors (Lipinski definition) is 2. The molecule has 0 saturated carbocycles. The van der Waals surface area contributed by atoms with E-state index < -0.39 is 0 Å². The van der Waals surface area contributed by atoms with E-state index in [4.69, 9.17) is 9.90 Å². The van der Waals surface area contributed by atoms with E-state index in [0.717, 1.165) is 51.9 Å². The quantitative estimate of drug-likeness (QED) is 0.788. The number of aryl methyl sites for hydroxylation is 2. The van der Waals surface area contributed by atoms with Gasteiger partial charge in [0.25, 0.3) is 6.47 Å². The first-order valence-electron chi connectivity index (χ1n) is 9.66. The van der Waals surface area contributed by atoms with Crippen molar-refractivity contribution in [3.05, 3.63) is 35.4 Å². The number of rotatable bonds is 3. The molecule has 1 unspecified atom stereocenters. The molecule has 150 valence electrons. The van der Waals surface area contributed by atoms with Crippen LogP contribution in [0.25, 0.3) is 0 Å². The number of carbonyl (C=O) groups is 2. The molecule has 1 spiro atoms. The van der Waals surface area contributed by atoms with Crippen LogP contribution in [0.3, 0.4) is 0 Å². The van der Waals surface area contributed by atoms with Crippen LogP contribution in [-0.2, 0) is 16.0 Å². The maximum Gasteiger partial charge on any atom is 0.290 e. The van der Waals surface area contributed by atoms with Gasteiger partial charge in [0.05, 0.1) is 6.10 Å². The van der Waals surface area contributed by atoms with Crippen LogP contribution >= 0.6 is 0 Å². The van der Waals surface area contributed by atoms with Crippen LogP contribution in [0.5, 0.6) is 0 Å². The summed E-state index contributed by atoms with van der Waals surface area (Å²) >= 11 is 0. The zero-order chi connectivity index (χ0) is 19.9. The van der Waals surface area contributed by atoms with E-state index in [1.807, 2.05) is 17.0 Å². The highest BCUT2D eigenvalue weighted by molar-refractivity contribution is 5.76. The van der Waals surface area contributed by atoms with Crippen molar-refractivity contribution in [2.45, 2.75) is 45.1 Å². The van der Waals surface area contributed by atoms with E-state index in [1.165, 1.54) is 11.1 Å². The summed E-state index contributed by atoms with van der Waals surface area (Å²) in [4.78, 5) is 25.2. The second-order valence-corrected chi connectivity index (χ2v) is 7.97. The molecule has 1 aromatic rings. The Morgan fingerprint density at radius 2 is 1.93 bits per heavy atom. The van der Waals surface area contributed by atoms with Gasteiger partial charge in [0.1, 0.15) is 0 Å². The number of amides is 1. The Balaban J connectivity index is 0.000000817. The molecule has 2 aliphatic rings. The van der Waals surface area contributed by atoms with Crippen molar-refractivity contribution in [2.75, 3.05) is 33.2 Å². The Morgan fingerprint density at radius 1 is 1.30 bits per heavy atom. The Hall–Kier alpha value is -1.92. The summed E-state index contributed by atoms with van der Waals surface area (Å²) in [5, 5.41) is 17.0. The lowest BCUT2D eigenvalue weighted by atomic mass is 9.71. The first kappa shape index (κ1) is 21.4. The van der Waals surface area contributed by atoms with E-state index in [9.17, 15) is 9.90 Å². The Bertz CT molecular complexity index is 614. The van der Waals surface area contributed by atoms with E-state index in [-0.39, 0.29) is 23.9 Å². The highest BCUT2D eigenvalue weighted by atomic mass is 16.3. The van der Waals surface area contributed by atoms with Crippen LogP contribution in [0.4, 0.5) is 0 Å². The van der Waals surface area contributed by atoms with Crippen molar-refractivity contribution < 1.29 is 19.8 Å². The van der Waals surface area contributed by atoms with Gasteiger partial charge in [0.2, 0.25) is 5.91 Å². The standard InChI is InChI=1S/C20H30N2O2.CH2O2/c1-16-5-3-4-6-17(16)7-8-19(24)22-11-9-20(10-12-22)13-18(23)14-21(2)15-20;2-1-3/h3-6,18,23H,7-15H2,1-2H3;1H,(H,2,3). The fourth-order valence-electron chi connectivity index (χ4n) is 4.51. The van der Waals surface area contributed by atoms with Crippen molar-refractivity contribution >= 4 is 12.4 Å². The Labute approximate surface area is 161 Å². The average molecular weight is 376 g/mol. The fourth-order valence-corrected chi connectivity index (χ4v) is 4.51. The number of carbonyl (C=O) groups excluding carboxylic acids is 1. The van der Waals surface area contributed by atoms with E-state index in [1.54, 1.807) is 0 Å². The van der Waals surface area contributed by atoms with Gasteiger partial charge in [0, 0.05) is 32.6 Å². The van der Waals surface area contributed by atoms with Crippen LogP contribution in [0.1, 0.15) is 36.8 Å². The number of nitrogens with zero attached hydrogens (tertiary/aromatic N) is 2. The number of aliphatic hydroxyl groups excluding tert-OH is 1. The number of carboxylic acid groups (broad SMARTS) is 1. The maximum absolute atomic E-state index is 12.5. The summed E-state index contributed by atoms with van der Waals surface area (Å²) in [7, 11) is 2.09. The van der Waals surface area contributed by atoms with Crippen LogP contribution in [0.15, 0.2) is 24.3 Å². The predicted molar refractivity (Wildman–Crippen MR) is 105 cm³/mol. The van der Waals surface area contributed by atoms with Gasteiger partial charge in [-0.15, -0.1) is 0 Å². The van der Waals surface area contributed by atoms with Crippen molar-refractivity contribution in [1.29, 1.82) is 0 Å². The number of β-amino-alcohol motifs (C(OH)–C–C–N with tert-alkyl or cyclic N) is 1. The third kappa shape index (κ3) is 6.04. The molecule has 1 amide bonds. The van der Waals surface area contributed by atoms with E-state index >= 15 is 0 Å². The molecule has 6 heteroatoms. The van der Waals surface area contributed by atoms with Crippen LogP contribution in [0.2, 0.25) is 0 Å². The molecule has 2 saturated heterocycles. The lowest BCUT2D eigenvalue weighted by Gasteiger charge is -2.48. The monoisotopic (exact) mass is 376 g/mol. The number of aliphatic hydroxyl groups is 1. The van der Waals surface area contributed by atoms with Gasteiger partial charge in [-0.2, -0.15) is 0 Å². The van der Waals surface area contributed by atoms with Gasteiger partial charge < -0.3 is 20.0 Å². The summed E-state index contributed by atoms with van der Waals surface area (Å²) in [5.74, 6) is 0.276. The lowest BCUT2D eigenvalue weighted by molar-refractivity contribution is -0.134. The smallest absolute Gasteiger partial charge is 0.290 e. The SMILES string of the molecule is Cc1ccccc1CCC(=O)N1CCC2(CC1)CC(O)CN(C)C2.O=CO. The minimum absolute atomic E-state index is 0.208. The molecule has 2 fully saturated rings. The van der Waals surface area contributed by atoms with Gasteiger partial charge in [-0.3, -0.25) is 9.59 Å². The molecular weight excluding hydrogens is 344 g/mol. The number of hydrogen-bond acceptors (Lipinski definition) is 4. The minimum Gasteiger partial charge on any atom is -0.483 e. The van der Waals surface area contributed by atoms with Gasteiger partial charge in [-0.1, -0.05) is 24.3 Å². The molecule has 27 heavy (non-hydrogen) atoms. The zero-order valence-corrected chi connectivity index (χ0v) is 16.4. The molecule has 0 bridgehead atoms. The Kier molecular flexibility index (Phi) is 7.80. The third-order valence-electron chi connectivity index (χ3n) is 5.84. The van der Waals surface area contributed by atoms with Crippen molar-refractivity contribution in [2.24, 2.45) is 5.41 Å². The summed E-state index contributed by atoms with van der Waals surface area (Å²) in [6.07, 6.45) is 4.14. The summed E-state index contributed by atoms with van der Waals surface area (Å²) in [5.41, 5.74) is 2.75. The lowest BCUT2D eigenvalue weighted by Crippen LogP contribution is -2.53. The number of piperidine rings is 2. The molecule has 0 aromatic heterocycles. The molecule has 2 aliphatic heterocycles. The largest absolute Gasteiger partial charge is 0.483 e. The molecular formula is C21H32N2O4. The second kappa shape index (κ2) is 9.85. The highest BCUT2D eigenvalue weighted by Gasteiger charge is 2.41. The van der Waals surface area contributed by atoms with Crippen molar-refractivity contribution in [1.82, 2.24) is 9.80 Å². The first-order valence-corrected chi connectivity index (χ1v) is 9.66. The molecule has 6 nitrogen and oxygen atoms in total. The molecule has 1 atom stereocenters. The van der Waals surface area contributed by atoms with Crippen molar-refractivity contribution in [3.63, 3.8) is 0 Å². The van der Waals surface area contributed by atoms with Gasteiger partial charge >= 0.3 is 0 Å². The van der Waals surface area contributed by atoms with E-state index in [2.05, 4.69) is 31.0 Å². The topological polar surface area (TPSA) is 81.1 Å². The molecule has 1 aromatic carbocycles. The highest BCUT2D eigenvalue weighted by Crippen LogP contribution is 2.39. The predicted octanol–water partition coefficient (Wildman–Crippen LogP) is 1.93. The summed E-state index contributed by atoms with van der Waals surface area (Å²) in [6, 6.07) is 8.31. The fraction of sp³-hybridized carbons (Fsp3) is 0.619. The van der Waals surface area contributed by atoms with Gasteiger partial charge in [0.15, 0.2) is 0 Å². The zero-order valence-electron chi connectivity index (χ0n) is 16.4. The summed E-state index contributed by atoms with van der Waals surface area (Å²) < 4.78 is 0. The van der Waals surface area contributed by atoms with Crippen LogP contribution < -0.4 is 0 Å². The third-order valence-corrected chi connectivity index (χ3v) is 5.84. The van der Waals surface area contributed by atoms with E-state index in [0.29, 0.717) is 6.42 Å². The summed E-state index contributed by atoms with van der Waals surface area (Å²) in [6.45, 7) is 5.37. The van der Waals surface area contributed by atoms with Gasteiger partial charge in [-0.25, -0.2) is 0 Å². The van der Waals surface area contributed by atoms with Gasteiger partial charge in [-0.05, 0) is 56.2 Å². The molecule has 2 N–H and O–H groups in total. The minimum atomic E-state index is -0.250.